The molecule has 0 N–H and O–H groups in total. The minimum absolute atomic E-state index is 0.178. The number of amides is 2. The molecule has 0 radical (unpaired) electrons. The molecule has 2 amide bonds. The van der Waals surface area contributed by atoms with Crippen LogP contribution in [-0.2, 0) is 14.3 Å². The number of thioether (sulfide) groups is 1. The Morgan fingerprint density at radius 3 is 2.68 bits per heavy atom. The van der Waals surface area contributed by atoms with E-state index < -0.39 is 23.7 Å². The molecule has 0 saturated carbocycles. The summed E-state index contributed by atoms with van der Waals surface area (Å²) in [6.07, 6.45) is 1.62. The molecule has 1 aromatic carbocycles. The van der Waals surface area contributed by atoms with E-state index in [1.54, 1.807) is 25.1 Å². The molecule has 8 heteroatoms. The molecule has 1 aromatic heterocycles. The third-order valence-electron chi connectivity index (χ3n) is 4.29. The Labute approximate surface area is 166 Å². The van der Waals surface area contributed by atoms with Gasteiger partial charge in [-0.05, 0) is 68.4 Å². The van der Waals surface area contributed by atoms with Crippen molar-refractivity contribution in [1.29, 1.82) is 0 Å². The van der Waals surface area contributed by atoms with Gasteiger partial charge in [0.1, 0.15) is 12.4 Å². The van der Waals surface area contributed by atoms with Crippen LogP contribution < -0.4 is 0 Å². The summed E-state index contributed by atoms with van der Waals surface area (Å²) in [4.78, 5) is 37.4. The lowest BCUT2D eigenvalue weighted by Crippen LogP contribution is -2.34. The van der Waals surface area contributed by atoms with Crippen molar-refractivity contribution >= 4 is 35.0 Å². The zero-order valence-corrected chi connectivity index (χ0v) is 16.5. The Morgan fingerprint density at radius 1 is 1.25 bits per heavy atom. The van der Waals surface area contributed by atoms with Crippen molar-refractivity contribution in [1.82, 2.24) is 9.47 Å². The largest absolute Gasteiger partial charge is 0.465 e. The van der Waals surface area contributed by atoms with Gasteiger partial charge in [0.15, 0.2) is 0 Å². The summed E-state index contributed by atoms with van der Waals surface area (Å²) in [5.41, 5.74) is 3.08. The van der Waals surface area contributed by atoms with Crippen molar-refractivity contribution in [3.05, 3.63) is 58.0 Å². The summed E-state index contributed by atoms with van der Waals surface area (Å²) >= 11 is 0.780. The van der Waals surface area contributed by atoms with Gasteiger partial charge in [0.2, 0.25) is 0 Å². The molecule has 0 spiro atoms. The summed E-state index contributed by atoms with van der Waals surface area (Å²) in [5.74, 6) is -1.50. The van der Waals surface area contributed by atoms with Gasteiger partial charge in [0.05, 0.1) is 11.5 Å². The highest BCUT2D eigenvalue weighted by molar-refractivity contribution is 8.18. The predicted molar refractivity (Wildman–Crippen MR) is 105 cm³/mol. The molecule has 0 unspecified atom stereocenters. The van der Waals surface area contributed by atoms with E-state index in [1.807, 2.05) is 24.5 Å². The zero-order valence-electron chi connectivity index (χ0n) is 15.7. The molecule has 0 atom stereocenters. The Balaban J connectivity index is 1.90. The van der Waals surface area contributed by atoms with Crippen LogP contribution in [0.1, 0.15) is 23.9 Å². The van der Waals surface area contributed by atoms with Crippen molar-refractivity contribution in [3.8, 4) is 5.69 Å². The van der Waals surface area contributed by atoms with Gasteiger partial charge in [-0.1, -0.05) is 6.07 Å². The van der Waals surface area contributed by atoms with Crippen LogP contribution in [0.2, 0.25) is 0 Å². The van der Waals surface area contributed by atoms with Crippen LogP contribution in [0, 0.1) is 19.7 Å². The van der Waals surface area contributed by atoms with Gasteiger partial charge in [0.25, 0.3) is 11.1 Å². The lowest BCUT2D eigenvalue weighted by atomic mass is 10.2. The van der Waals surface area contributed by atoms with Crippen LogP contribution in [0.5, 0.6) is 0 Å². The quantitative estimate of drug-likeness (QED) is 0.562. The zero-order chi connectivity index (χ0) is 20.4. The summed E-state index contributed by atoms with van der Waals surface area (Å²) < 4.78 is 20.3. The molecule has 2 aromatic rings. The first kappa shape index (κ1) is 19.9. The lowest BCUT2D eigenvalue weighted by molar-refractivity contribution is -0.145. The van der Waals surface area contributed by atoms with Crippen molar-refractivity contribution < 1.29 is 23.5 Å². The molecule has 0 bridgehead atoms. The van der Waals surface area contributed by atoms with Crippen molar-refractivity contribution in [3.63, 3.8) is 0 Å². The Hall–Kier alpha value is -2.87. The maximum Gasteiger partial charge on any atom is 0.326 e. The van der Waals surface area contributed by atoms with Gasteiger partial charge in [-0.3, -0.25) is 19.3 Å². The molecule has 6 nitrogen and oxygen atoms in total. The number of rotatable bonds is 5. The molecular formula is C20H19FN2O4S. The molecule has 1 fully saturated rings. The third kappa shape index (κ3) is 3.87. The number of carbonyl (C=O) groups excluding carboxylic acids is 3. The molecule has 1 saturated heterocycles. The number of aromatic nitrogens is 1. The number of imide groups is 1. The number of nitrogens with zero attached hydrogens (tertiary/aromatic N) is 2. The predicted octanol–water partition coefficient (Wildman–Crippen LogP) is 3.83. The van der Waals surface area contributed by atoms with Crippen LogP contribution in [0.15, 0.2) is 35.2 Å². The monoisotopic (exact) mass is 402 g/mol. The van der Waals surface area contributed by atoms with Crippen LogP contribution in [0.25, 0.3) is 11.8 Å². The number of halogens is 1. The Bertz CT molecular complexity index is 996. The molecule has 0 aliphatic carbocycles. The van der Waals surface area contributed by atoms with Gasteiger partial charge < -0.3 is 9.30 Å². The number of ether oxygens (including phenoxy) is 1. The standard InChI is InChI=1S/C20H19FN2O4S/c1-4-27-18(24)11-22-19(25)17(28-20(22)26)9-14-8-12(2)23(13(14)3)16-7-5-6-15(21)10-16/h5-10H,4,11H2,1-3H3. The van der Waals surface area contributed by atoms with Gasteiger partial charge in [-0.2, -0.15) is 0 Å². The van der Waals surface area contributed by atoms with Crippen molar-refractivity contribution in [2.45, 2.75) is 20.8 Å². The topological polar surface area (TPSA) is 68.6 Å². The fourth-order valence-electron chi connectivity index (χ4n) is 3.06. The van der Waals surface area contributed by atoms with Crippen molar-refractivity contribution in [2.24, 2.45) is 0 Å². The van der Waals surface area contributed by atoms with Crippen LogP contribution in [0.3, 0.4) is 0 Å². The summed E-state index contributed by atoms with van der Waals surface area (Å²) in [6, 6.07) is 8.08. The van der Waals surface area contributed by atoms with E-state index in [1.165, 1.54) is 12.1 Å². The molecule has 2 heterocycles. The fraction of sp³-hybridized carbons (Fsp3) is 0.250. The van der Waals surface area contributed by atoms with Gasteiger partial charge >= 0.3 is 5.97 Å². The van der Waals surface area contributed by atoms with Crippen LogP contribution >= 0.6 is 11.8 Å². The minimum Gasteiger partial charge on any atom is -0.465 e. The van der Waals surface area contributed by atoms with E-state index in [4.69, 9.17) is 4.74 Å². The average molecular weight is 402 g/mol. The highest BCUT2D eigenvalue weighted by Crippen LogP contribution is 2.33. The average Bonchev–Trinajstić information content (AvgIpc) is 3.05. The van der Waals surface area contributed by atoms with Crippen LogP contribution in [-0.4, -0.2) is 39.7 Å². The van der Waals surface area contributed by atoms with E-state index in [2.05, 4.69) is 0 Å². The molecule has 1 aliphatic heterocycles. The fourth-order valence-corrected chi connectivity index (χ4v) is 3.89. The van der Waals surface area contributed by atoms with E-state index in [0.29, 0.717) is 5.69 Å². The molecular weight excluding hydrogens is 383 g/mol. The highest BCUT2D eigenvalue weighted by Gasteiger charge is 2.36. The summed E-state index contributed by atoms with van der Waals surface area (Å²) in [5, 5.41) is -0.511. The maximum absolute atomic E-state index is 13.6. The SMILES string of the molecule is CCOC(=O)CN1C(=O)SC(=Cc2cc(C)n(-c3cccc(F)c3)c2C)C1=O. The molecule has 3 rings (SSSR count). The number of hydrogen-bond donors (Lipinski definition) is 0. The highest BCUT2D eigenvalue weighted by atomic mass is 32.2. The van der Waals surface area contributed by atoms with Gasteiger partial charge in [-0.15, -0.1) is 0 Å². The van der Waals surface area contributed by atoms with E-state index in [-0.39, 0.29) is 17.3 Å². The van der Waals surface area contributed by atoms with Crippen molar-refractivity contribution in [2.75, 3.05) is 13.2 Å². The number of benzene rings is 1. The first-order chi connectivity index (χ1) is 13.3. The summed E-state index contributed by atoms with van der Waals surface area (Å²) in [7, 11) is 0. The second-order valence-corrected chi connectivity index (χ2v) is 7.21. The molecule has 1 aliphatic rings. The van der Waals surface area contributed by atoms with E-state index in [9.17, 15) is 18.8 Å². The smallest absolute Gasteiger partial charge is 0.326 e. The number of aryl methyl sites for hydroxylation is 1. The summed E-state index contributed by atoms with van der Waals surface area (Å²) in [6.45, 7) is 5.16. The Kier molecular flexibility index (Phi) is 5.69. The number of carbonyl (C=O) groups is 3. The normalized spacial score (nSPS) is 15.6. The van der Waals surface area contributed by atoms with E-state index >= 15 is 0 Å². The number of hydrogen-bond acceptors (Lipinski definition) is 5. The first-order valence-electron chi connectivity index (χ1n) is 8.67. The second kappa shape index (κ2) is 8.02. The van der Waals surface area contributed by atoms with Gasteiger partial charge in [-0.25, -0.2) is 4.39 Å². The van der Waals surface area contributed by atoms with E-state index in [0.717, 1.165) is 33.6 Å². The van der Waals surface area contributed by atoms with Gasteiger partial charge in [0, 0.05) is 17.1 Å². The molecule has 28 heavy (non-hydrogen) atoms. The first-order valence-corrected chi connectivity index (χ1v) is 9.49. The van der Waals surface area contributed by atoms with Crippen LogP contribution in [0.4, 0.5) is 9.18 Å². The Morgan fingerprint density at radius 2 is 2.00 bits per heavy atom. The lowest BCUT2D eigenvalue weighted by Gasteiger charge is -2.11. The second-order valence-electron chi connectivity index (χ2n) is 6.21. The minimum atomic E-state index is -0.629. The maximum atomic E-state index is 13.6. The molecule has 146 valence electrons. The number of esters is 1. The third-order valence-corrected chi connectivity index (χ3v) is 5.20.